The van der Waals surface area contributed by atoms with E-state index in [4.69, 9.17) is 0 Å². The summed E-state index contributed by atoms with van der Waals surface area (Å²) in [5.41, 5.74) is 1.96. The second kappa shape index (κ2) is 6.17. The van der Waals surface area contributed by atoms with Gasteiger partial charge in [-0.1, -0.05) is 12.1 Å². The van der Waals surface area contributed by atoms with Crippen LogP contribution >= 0.6 is 0 Å². The molecule has 1 aliphatic heterocycles. The highest BCUT2D eigenvalue weighted by atomic mass is 16.2. The Morgan fingerprint density at radius 1 is 1.37 bits per heavy atom. The minimum absolute atomic E-state index is 0.120. The summed E-state index contributed by atoms with van der Waals surface area (Å²) in [6, 6.07) is 8.26. The predicted molar refractivity (Wildman–Crippen MR) is 77.2 cm³/mol. The van der Waals surface area contributed by atoms with Gasteiger partial charge in [0.2, 0.25) is 0 Å². The van der Waals surface area contributed by atoms with Crippen LogP contribution in [0.2, 0.25) is 0 Å². The Hall–Kier alpha value is -1.39. The molecule has 2 rings (SSSR count). The van der Waals surface area contributed by atoms with E-state index < -0.39 is 0 Å². The van der Waals surface area contributed by atoms with Crippen molar-refractivity contribution in [3.05, 3.63) is 35.4 Å². The highest BCUT2D eigenvalue weighted by Crippen LogP contribution is 2.13. The lowest BCUT2D eigenvalue weighted by atomic mass is 10.1. The number of nitrogens with zero attached hydrogens (tertiary/aromatic N) is 2. The van der Waals surface area contributed by atoms with Crippen LogP contribution in [0.1, 0.15) is 22.3 Å². The van der Waals surface area contributed by atoms with Crippen LogP contribution in [-0.2, 0) is 6.54 Å². The monoisotopic (exact) mass is 261 g/mol. The van der Waals surface area contributed by atoms with E-state index in [0.717, 1.165) is 31.6 Å². The van der Waals surface area contributed by atoms with Crippen molar-refractivity contribution in [2.24, 2.45) is 0 Å². The van der Waals surface area contributed by atoms with E-state index in [1.54, 1.807) is 0 Å². The third kappa shape index (κ3) is 3.55. The summed E-state index contributed by atoms with van der Waals surface area (Å²) in [5, 5.41) is 3.30. The van der Waals surface area contributed by atoms with Crippen LogP contribution in [0.15, 0.2) is 24.3 Å². The molecule has 1 aliphatic rings. The smallest absolute Gasteiger partial charge is 0.253 e. The fourth-order valence-electron chi connectivity index (χ4n) is 2.51. The summed E-state index contributed by atoms with van der Waals surface area (Å²) in [6.07, 6.45) is 1.04. The molecule has 0 radical (unpaired) electrons. The quantitative estimate of drug-likeness (QED) is 0.884. The van der Waals surface area contributed by atoms with Crippen molar-refractivity contribution in [1.29, 1.82) is 0 Å². The zero-order valence-corrected chi connectivity index (χ0v) is 12.0. The lowest BCUT2D eigenvalue weighted by Crippen LogP contribution is -2.38. The first-order valence-electron chi connectivity index (χ1n) is 6.79. The molecule has 4 heteroatoms. The van der Waals surface area contributed by atoms with Gasteiger partial charge in [0, 0.05) is 31.7 Å². The number of carbonyl (C=O) groups is 1. The number of benzene rings is 1. The van der Waals surface area contributed by atoms with E-state index in [1.165, 1.54) is 5.56 Å². The minimum atomic E-state index is 0.120. The van der Waals surface area contributed by atoms with Gasteiger partial charge in [-0.15, -0.1) is 0 Å². The Labute approximate surface area is 115 Å². The van der Waals surface area contributed by atoms with E-state index in [2.05, 4.69) is 16.3 Å². The zero-order chi connectivity index (χ0) is 13.8. The fraction of sp³-hybridized carbons (Fsp3) is 0.533. The molecule has 1 aromatic rings. The summed E-state index contributed by atoms with van der Waals surface area (Å²) in [6.45, 7) is 2.76. The molecule has 1 fully saturated rings. The van der Waals surface area contributed by atoms with Crippen molar-refractivity contribution >= 4 is 5.91 Å². The molecule has 0 aromatic heterocycles. The van der Waals surface area contributed by atoms with Gasteiger partial charge in [-0.25, -0.2) is 0 Å². The van der Waals surface area contributed by atoms with E-state index in [0.29, 0.717) is 6.04 Å². The number of likely N-dealkylation sites (N-methyl/N-ethyl adjacent to an activating group) is 1. The predicted octanol–water partition coefficient (Wildman–Crippen LogP) is 1.18. The maximum absolute atomic E-state index is 12.5. The molecule has 1 atom stereocenters. The van der Waals surface area contributed by atoms with E-state index >= 15 is 0 Å². The standard InChI is InChI=1S/C15H23N3O/c1-17(2)11-12-5-4-6-13(9-12)15(19)18(3)14-7-8-16-10-14/h4-6,9,14,16H,7-8,10-11H2,1-3H3. The SMILES string of the molecule is CN(C)Cc1cccc(C(=O)N(C)C2CCNC2)c1. The lowest BCUT2D eigenvalue weighted by Gasteiger charge is -2.24. The number of amides is 1. The van der Waals surface area contributed by atoms with Gasteiger partial charge in [0.1, 0.15) is 0 Å². The molecule has 1 heterocycles. The number of hydrogen-bond donors (Lipinski definition) is 1. The average Bonchev–Trinajstić information content (AvgIpc) is 2.90. The second-order valence-electron chi connectivity index (χ2n) is 5.50. The molecule has 1 amide bonds. The molecule has 19 heavy (non-hydrogen) atoms. The molecule has 0 bridgehead atoms. The maximum atomic E-state index is 12.5. The van der Waals surface area contributed by atoms with Crippen LogP contribution < -0.4 is 5.32 Å². The van der Waals surface area contributed by atoms with Gasteiger partial charge in [0.05, 0.1) is 0 Å². The summed E-state index contributed by atoms with van der Waals surface area (Å²) in [7, 11) is 5.97. The molecule has 4 nitrogen and oxygen atoms in total. The van der Waals surface area contributed by atoms with E-state index in [9.17, 15) is 4.79 Å². The van der Waals surface area contributed by atoms with Gasteiger partial charge in [-0.05, 0) is 44.8 Å². The van der Waals surface area contributed by atoms with Gasteiger partial charge in [-0.2, -0.15) is 0 Å². The van der Waals surface area contributed by atoms with Crippen LogP contribution in [0.25, 0.3) is 0 Å². The van der Waals surface area contributed by atoms with Gasteiger partial charge >= 0.3 is 0 Å². The molecule has 1 N–H and O–H groups in total. The number of hydrogen-bond acceptors (Lipinski definition) is 3. The van der Waals surface area contributed by atoms with Crippen molar-refractivity contribution in [3.8, 4) is 0 Å². The topological polar surface area (TPSA) is 35.6 Å². The van der Waals surface area contributed by atoms with Crippen molar-refractivity contribution in [2.75, 3.05) is 34.2 Å². The molecule has 1 saturated heterocycles. The first-order valence-corrected chi connectivity index (χ1v) is 6.79. The zero-order valence-electron chi connectivity index (χ0n) is 12.0. The molecular weight excluding hydrogens is 238 g/mol. The Morgan fingerprint density at radius 2 is 2.16 bits per heavy atom. The third-order valence-corrected chi connectivity index (χ3v) is 3.58. The van der Waals surface area contributed by atoms with Crippen LogP contribution in [0.4, 0.5) is 0 Å². The Balaban J connectivity index is 2.09. The van der Waals surface area contributed by atoms with Gasteiger partial charge in [-0.3, -0.25) is 4.79 Å². The molecular formula is C15H23N3O. The van der Waals surface area contributed by atoms with Crippen molar-refractivity contribution in [1.82, 2.24) is 15.1 Å². The molecule has 1 aromatic carbocycles. The van der Waals surface area contributed by atoms with Crippen LogP contribution in [0.3, 0.4) is 0 Å². The number of carbonyl (C=O) groups excluding carboxylic acids is 1. The number of rotatable bonds is 4. The summed E-state index contributed by atoms with van der Waals surface area (Å²) in [4.78, 5) is 16.4. The highest BCUT2D eigenvalue weighted by molar-refractivity contribution is 5.94. The molecule has 104 valence electrons. The van der Waals surface area contributed by atoms with Gasteiger partial charge < -0.3 is 15.1 Å². The van der Waals surface area contributed by atoms with Crippen molar-refractivity contribution < 1.29 is 4.79 Å². The van der Waals surface area contributed by atoms with Crippen molar-refractivity contribution in [2.45, 2.75) is 19.0 Å². The van der Waals surface area contributed by atoms with Crippen LogP contribution in [0, 0.1) is 0 Å². The first kappa shape index (κ1) is 14.0. The van der Waals surface area contributed by atoms with E-state index in [1.807, 2.05) is 44.2 Å². The first-order chi connectivity index (χ1) is 9.08. The van der Waals surface area contributed by atoms with Gasteiger partial charge in [0.25, 0.3) is 5.91 Å². The molecule has 0 aliphatic carbocycles. The molecule has 1 unspecified atom stereocenters. The maximum Gasteiger partial charge on any atom is 0.253 e. The Morgan fingerprint density at radius 3 is 2.79 bits per heavy atom. The van der Waals surface area contributed by atoms with Crippen LogP contribution in [-0.4, -0.2) is 56.0 Å². The summed E-state index contributed by atoms with van der Waals surface area (Å²) >= 11 is 0. The van der Waals surface area contributed by atoms with Crippen molar-refractivity contribution in [3.63, 3.8) is 0 Å². The molecule has 0 spiro atoms. The highest BCUT2D eigenvalue weighted by Gasteiger charge is 2.23. The average molecular weight is 261 g/mol. The van der Waals surface area contributed by atoms with E-state index in [-0.39, 0.29) is 5.91 Å². The Bertz CT molecular complexity index is 439. The normalized spacial score (nSPS) is 18.8. The third-order valence-electron chi connectivity index (χ3n) is 3.58. The summed E-state index contributed by atoms with van der Waals surface area (Å²) in [5.74, 6) is 0.120. The minimum Gasteiger partial charge on any atom is -0.337 e. The fourth-order valence-corrected chi connectivity index (χ4v) is 2.51. The van der Waals surface area contributed by atoms with Gasteiger partial charge in [0.15, 0.2) is 0 Å². The Kier molecular flexibility index (Phi) is 4.56. The lowest BCUT2D eigenvalue weighted by molar-refractivity contribution is 0.0743. The largest absolute Gasteiger partial charge is 0.337 e. The van der Waals surface area contributed by atoms with Crippen LogP contribution in [0.5, 0.6) is 0 Å². The summed E-state index contributed by atoms with van der Waals surface area (Å²) < 4.78 is 0. The number of nitrogens with one attached hydrogen (secondary N) is 1. The molecule has 0 saturated carbocycles. The second-order valence-corrected chi connectivity index (χ2v) is 5.50.